The van der Waals surface area contributed by atoms with Crippen LogP contribution in [0.25, 0.3) is 33.8 Å². The van der Waals surface area contributed by atoms with Crippen LogP contribution in [-0.4, -0.2) is 41.5 Å². The predicted octanol–water partition coefficient (Wildman–Crippen LogP) is 5.18. The van der Waals surface area contributed by atoms with E-state index in [1.165, 1.54) is 12.1 Å². The lowest BCUT2D eigenvalue weighted by atomic mass is 9.97. The Bertz CT molecular complexity index is 1470. The van der Waals surface area contributed by atoms with Crippen molar-refractivity contribution in [1.82, 2.24) is 20.3 Å². The van der Waals surface area contributed by atoms with Gasteiger partial charge in [0.25, 0.3) is 0 Å². The Labute approximate surface area is 202 Å². The molecule has 2 aliphatic rings. The van der Waals surface area contributed by atoms with E-state index in [2.05, 4.69) is 22.7 Å². The van der Waals surface area contributed by atoms with Gasteiger partial charge in [0.05, 0.1) is 6.61 Å². The van der Waals surface area contributed by atoms with Crippen LogP contribution >= 0.6 is 0 Å². The second kappa shape index (κ2) is 8.46. The maximum absolute atomic E-state index is 14.3. The van der Waals surface area contributed by atoms with Crippen molar-refractivity contribution in [2.75, 3.05) is 20.8 Å². The molecule has 0 radical (unpaired) electrons. The quantitative estimate of drug-likeness (QED) is 0.418. The van der Waals surface area contributed by atoms with Crippen LogP contribution in [0.5, 0.6) is 0 Å². The number of rotatable bonds is 6. The molecular weight excluding hydrogens is 445 g/mol. The van der Waals surface area contributed by atoms with Gasteiger partial charge in [0.2, 0.25) is 5.89 Å². The highest BCUT2D eigenvalue weighted by atomic mass is 19.1. The largest absolute Gasteiger partial charge is 0.434 e. The number of amidine groups is 1. The summed E-state index contributed by atoms with van der Waals surface area (Å²) in [6, 6.07) is 12.9. The van der Waals surface area contributed by atoms with Crippen molar-refractivity contribution >= 4 is 16.9 Å². The number of nitrogens with one attached hydrogen (secondary N) is 1. The number of nitrogens with zero attached hydrogens (tertiary/aromatic N) is 4. The van der Waals surface area contributed by atoms with Gasteiger partial charge in [-0.25, -0.2) is 14.4 Å². The first-order chi connectivity index (χ1) is 17.0. The van der Waals surface area contributed by atoms with Crippen molar-refractivity contribution < 1.29 is 13.5 Å². The van der Waals surface area contributed by atoms with Crippen molar-refractivity contribution in [2.45, 2.75) is 32.3 Å². The third-order valence-electron chi connectivity index (χ3n) is 6.49. The molecule has 0 bridgehead atoms. The van der Waals surface area contributed by atoms with Gasteiger partial charge in [0.15, 0.2) is 11.4 Å². The highest BCUT2D eigenvalue weighted by Gasteiger charge is 2.28. The Morgan fingerprint density at radius 3 is 2.71 bits per heavy atom. The summed E-state index contributed by atoms with van der Waals surface area (Å²) in [4.78, 5) is 11.7. The topological polar surface area (TPSA) is 75.8 Å². The molecule has 2 aromatic heterocycles. The van der Waals surface area contributed by atoms with Gasteiger partial charge in [0, 0.05) is 31.3 Å². The number of aromatic nitrogens is 2. The number of oxazole rings is 1. The molecule has 1 fully saturated rings. The highest BCUT2D eigenvalue weighted by molar-refractivity contribution is 6.05. The lowest BCUT2D eigenvalue weighted by Crippen LogP contribution is -2.25. The summed E-state index contributed by atoms with van der Waals surface area (Å²) < 4.78 is 25.8. The van der Waals surface area contributed by atoms with E-state index < -0.39 is 0 Å². The van der Waals surface area contributed by atoms with E-state index in [0.29, 0.717) is 36.6 Å². The number of fused-ring (bicyclic) bond motifs is 1. The number of methoxy groups -OCH3 is 1. The second-order valence-electron chi connectivity index (χ2n) is 9.29. The number of ether oxygens (including phenoxy) is 1. The molecule has 0 saturated heterocycles. The summed E-state index contributed by atoms with van der Waals surface area (Å²) in [6.45, 7) is 3.10. The van der Waals surface area contributed by atoms with Crippen LogP contribution < -0.4 is 5.43 Å². The molecule has 1 N–H and O–H groups in total. The van der Waals surface area contributed by atoms with Crippen LogP contribution in [0.3, 0.4) is 0 Å². The molecule has 1 saturated carbocycles. The first kappa shape index (κ1) is 21.7. The minimum absolute atomic E-state index is 0.301. The van der Waals surface area contributed by atoms with Gasteiger partial charge in [-0.1, -0.05) is 6.07 Å². The molecule has 35 heavy (non-hydrogen) atoms. The second-order valence-corrected chi connectivity index (χ2v) is 9.29. The number of hydrazone groups is 1. The Hall–Kier alpha value is -3.78. The first-order valence-corrected chi connectivity index (χ1v) is 11.7. The minimum Gasteiger partial charge on any atom is -0.434 e. The van der Waals surface area contributed by atoms with Crippen molar-refractivity contribution in [3.05, 3.63) is 70.7 Å². The number of hydrogen-bond acceptors (Lipinski definition) is 7. The molecule has 0 spiro atoms. The molecule has 3 heterocycles. The van der Waals surface area contributed by atoms with Crippen LogP contribution in [0.15, 0.2) is 52.0 Å². The number of aryl methyl sites for hydroxylation is 1. The molecule has 0 atom stereocenters. The van der Waals surface area contributed by atoms with E-state index in [1.807, 2.05) is 37.1 Å². The monoisotopic (exact) mass is 471 g/mol. The third kappa shape index (κ3) is 4.04. The van der Waals surface area contributed by atoms with E-state index in [-0.39, 0.29) is 5.82 Å². The van der Waals surface area contributed by atoms with Gasteiger partial charge in [-0.2, -0.15) is 5.10 Å². The number of pyridine rings is 1. The summed E-state index contributed by atoms with van der Waals surface area (Å²) in [5.41, 5.74) is 10.8. The molecule has 7 nitrogen and oxygen atoms in total. The van der Waals surface area contributed by atoms with E-state index >= 15 is 0 Å². The zero-order valence-corrected chi connectivity index (χ0v) is 19.9. The average Bonchev–Trinajstić information content (AvgIpc) is 3.46. The number of hydrogen-bond donors (Lipinski definition) is 1. The van der Waals surface area contributed by atoms with E-state index in [1.54, 1.807) is 7.11 Å². The normalized spacial score (nSPS) is 15.5. The Balaban J connectivity index is 1.50. The fraction of sp³-hybridized carbons (Fsp3) is 0.296. The van der Waals surface area contributed by atoms with Crippen molar-refractivity contribution in [1.29, 1.82) is 0 Å². The summed E-state index contributed by atoms with van der Waals surface area (Å²) in [5, 5.41) is 4.40. The predicted molar refractivity (Wildman–Crippen MR) is 132 cm³/mol. The summed E-state index contributed by atoms with van der Waals surface area (Å²) >= 11 is 0. The summed E-state index contributed by atoms with van der Waals surface area (Å²) in [5.74, 6) is 1.30. The zero-order chi connectivity index (χ0) is 24.1. The standard InChI is InChI=1S/C27H26FN5O2/c1-15-8-16(13-34-3)9-23-25(15)35-27(31-23)24-11-18(10-22(30-24)17-4-5-17)20-7-6-19(28)12-21(20)26-32-29-14-33(26)2/h6-12,17,29H,4-5,13-14H2,1-3H3. The first-order valence-electron chi connectivity index (χ1n) is 11.7. The zero-order valence-electron chi connectivity index (χ0n) is 19.9. The van der Waals surface area contributed by atoms with Gasteiger partial charge in [-0.3, -0.25) is 5.43 Å². The van der Waals surface area contributed by atoms with Crippen LogP contribution in [-0.2, 0) is 11.3 Å². The van der Waals surface area contributed by atoms with Crippen molar-refractivity contribution in [3.63, 3.8) is 0 Å². The molecule has 2 aromatic carbocycles. The fourth-order valence-corrected chi connectivity index (χ4v) is 4.63. The van der Waals surface area contributed by atoms with Gasteiger partial charge in [-0.15, -0.1) is 0 Å². The maximum atomic E-state index is 14.3. The Kier molecular flexibility index (Phi) is 5.25. The van der Waals surface area contributed by atoms with Crippen molar-refractivity contribution in [2.24, 2.45) is 5.10 Å². The van der Waals surface area contributed by atoms with Gasteiger partial charge < -0.3 is 14.1 Å². The summed E-state index contributed by atoms with van der Waals surface area (Å²) in [7, 11) is 3.61. The Morgan fingerprint density at radius 1 is 1.11 bits per heavy atom. The van der Waals surface area contributed by atoms with Crippen LogP contribution in [0.4, 0.5) is 4.39 Å². The Morgan fingerprint density at radius 2 is 1.97 bits per heavy atom. The van der Waals surface area contributed by atoms with Crippen LogP contribution in [0.1, 0.15) is 41.1 Å². The number of benzene rings is 2. The van der Waals surface area contributed by atoms with E-state index in [4.69, 9.17) is 19.1 Å². The van der Waals surface area contributed by atoms with Gasteiger partial charge >= 0.3 is 0 Å². The molecule has 0 amide bonds. The lowest BCUT2D eigenvalue weighted by molar-refractivity contribution is 0.185. The maximum Gasteiger partial charge on any atom is 0.246 e. The summed E-state index contributed by atoms with van der Waals surface area (Å²) in [6.07, 6.45) is 2.22. The number of halogens is 1. The average molecular weight is 472 g/mol. The minimum atomic E-state index is -0.301. The van der Waals surface area contributed by atoms with E-state index in [0.717, 1.165) is 57.5 Å². The molecular formula is C27H26FN5O2. The lowest BCUT2D eigenvalue weighted by Gasteiger charge is -2.17. The van der Waals surface area contributed by atoms with Crippen molar-refractivity contribution in [3.8, 4) is 22.7 Å². The molecule has 0 unspecified atom stereocenters. The molecule has 178 valence electrons. The van der Waals surface area contributed by atoms with Gasteiger partial charge in [0.1, 0.15) is 23.7 Å². The highest BCUT2D eigenvalue weighted by Crippen LogP contribution is 2.42. The molecule has 1 aliphatic carbocycles. The third-order valence-corrected chi connectivity index (χ3v) is 6.49. The van der Waals surface area contributed by atoms with E-state index in [9.17, 15) is 4.39 Å². The SMILES string of the molecule is COCc1cc(C)c2oc(-c3cc(-c4ccc(F)cc4C4=NNCN4C)cc(C4CC4)n3)nc2c1. The molecule has 4 aromatic rings. The van der Waals surface area contributed by atoms with Gasteiger partial charge in [-0.05, 0) is 78.4 Å². The molecule has 8 heteroatoms. The van der Waals surface area contributed by atoms with Crippen LogP contribution in [0, 0.1) is 12.7 Å². The molecule has 1 aliphatic heterocycles. The fourth-order valence-electron chi connectivity index (χ4n) is 4.63. The smallest absolute Gasteiger partial charge is 0.246 e. The molecule has 6 rings (SSSR count). The van der Waals surface area contributed by atoms with Crippen LogP contribution in [0.2, 0.25) is 0 Å².